The maximum absolute atomic E-state index is 5.80. The topological polar surface area (TPSA) is 76.2 Å². The van der Waals surface area contributed by atoms with Crippen LogP contribution in [0.5, 0.6) is 0 Å². The van der Waals surface area contributed by atoms with Crippen LogP contribution in [0.25, 0.3) is 11.4 Å². The fourth-order valence-electron chi connectivity index (χ4n) is 2.37. The summed E-state index contributed by atoms with van der Waals surface area (Å²) in [6, 6.07) is 13.8. The first-order valence-electron chi connectivity index (χ1n) is 6.87. The van der Waals surface area contributed by atoms with E-state index < -0.39 is 0 Å². The van der Waals surface area contributed by atoms with Gasteiger partial charge in [-0.3, -0.25) is 4.99 Å². The van der Waals surface area contributed by atoms with E-state index in [-0.39, 0.29) is 0 Å². The zero-order valence-electron chi connectivity index (χ0n) is 11.7. The Kier molecular flexibility index (Phi) is 3.08. The van der Waals surface area contributed by atoms with Crippen molar-refractivity contribution in [2.45, 2.75) is 6.54 Å². The van der Waals surface area contributed by atoms with Crippen LogP contribution in [-0.4, -0.2) is 15.6 Å². The minimum absolute atomic E-state index is 0.683. The molecular formula is C16H13N5S. The summed E-state index contributed by atoms with van der Waals surface area (Å²) in [5.74, 6) is 0.683. The van der Waals surface area contributed by atoms with Gasteiger partial charge in [0.25, 0.3) is 0 Å². The Bertz CT molecular complexity index is 868. The summed E-state index contributed by atoms with van der Waals surface area (Å²) in [6.45, 7) is 0.772. The van der Waals surface area contributed by atoms with Gasteiger partial charge < -0.3 is 11.1 Å². The SMILES string of the molecule is Nc1cccc(-c2nsc(Nc3ccc4c(c3)C=NC4)n2)c1. The minimum atomic E-state index is 0.683. The van der Waals surface area contributed by atoms with E-state index in [2.05, 4.69) is 31.8 Å². The molecule has 0 bridgehead atoms. The molecule has 6 heteroatoms. The average molecular weight is 307 g/mol. The van der Waals surface area contributed by atoms with Gasteiger partial charge in [0.15, 0.2) is 5.82 Å². The van der Waals surface area contributed by atoms with Crippen molar-refractivity contribution in [3.8, 4) is 11.4 Å². The standard InChI is InChI=1S/C16H13N5S/c17-13-3-1-2-10(6-13)15-20-16(22-21-15)19-14-5-4-11-8-18-9-12(11)7-14/h1-7,9H,8,17H2,(H,19,20,21). The molecule has 2 heterocycles. The van der Waals surface area contributed by atoms with E-state index in [1.165, 1.54) is 17.1 Å². The highest BCUT2D eigenvalue weighted by atomic mass is 32.1. The second-order valence-electron chi connectivity index (χ2n) is 5.06. The van der Waals surface area contributed by atoms with E-state index >= 15 is 0 Å². The molecule has 0 unspecified atom stereocenters. The third kappa shape index (κ3) is 2.44. The predicted molar refractivity (Wildman–Crippen MR) is 90.8 cm³/mol. The van der Waals surface area contributed by atoms with E-state index in [1.807, 2.05) is 36.5 Å². The Labute approximate surface area is 131 Å². The zero-order chi connectivity index (χ0) is 14.9. The van der Waals surface area contributed by atoms with Crippen LogP contribution >= 0.6 is 11.5 Å². The summed E-state index contributed by atoms with van der Waals surface area (Å²) in [7, 11) is 0. The molecule has 108 valence electrons. The van der Waals surface area contributed by atoms with Crippen molar-refractivity contribution in [2.75, 3.05) is 11.1 Å². The summed E-state index contributed by atoms with van der Waals surface area (Å²) in [5, 5.41) is 4.05. The monoisotopic (exact) mass is 307 g/mol. The van der Waals surface area contributed by atoms with Crippen LogP contribution in [0.1, 0.15) is 11.1 Å². The number of aromatic nitrogens is 2. The molecule has 1 aliphatic rings. The van der Waals surface area contributed by atoms with Gasteiger partial charge in [0, 0.05) is 34.7 Å². The normalized spacial score (nSPS) is 12.4. The van der Waals surface area contributed by atoms with Crippen molar-refractivity contribution in [2.24, 2.45) is 4.99 Å². The largest absolute Gasteiger partial charge is 0.399 e. The first-order valence-corrected chi connectivity index (χ1v) is 7.65. The number of anilines is 3. The van der Waals surface area contributed by atoms with Gasteiger partial charge in [-0.1, -0.05) is 18.2 Å². The molecular weight excluding hydrogens is 294 g/mol. The minimum Gasteiger partial charge on any atom is -0.399 e. The quantitative estimate of drug-likeness (QED) is 0.726. The van der Waals surface area contributed by atoms with E-state index in [9.17, 15) is 0 Å². The Morgan fingerprint density at radius 1 is 1.14 bits per heavy atom. The lowest BCUT2D eigenvalue weighted by Gasteiger charge is -2.04. The predicted octanol–water partition coefficient (Wildman–Crippen LogP) is 3.46. The molecule has 0 radical (unpaired) electrons. The molecule has 0 amide bonds. The molecule has 0 saturated carbocycles. The highest BCUT2D eigenvalue weighted by molar-refractivity contribution is 7.09. The molecule has 0 atom stereocenters. The van der Waals surface area contributed by atoms with Crippen molar-refractivity contribution in [1.29, 1.82) is 0 Å². The van der Waals surface area contributed by atoms with Crippen LogP contribution in [0.3, 0.4) is 0 Å². The summed E-state index contributed by atoms with van der Waals surface area (Å²) in [4.78, 5) is 8.78. The Balaban J connectivity index is 1.58. The van der Waals surface area contributed by atoms with Crippen LogP contribution in [0.2, 0.25) is 0 Å². The number of nitrogens with zero attached hydrogens (tertiary/aromatic N) is 3. The molecule has 4 rings (SSSR count). The zero-order valence-corrected chi connectivity index (χ0v) is 12.5. The lowest BCUT2D eigenvalue weighted by molar-refractivity contribution is 1.11. The molecule has 0 spiro atoms. The highest BCUT2D eigenvalue weighted by Gasteiger charge is 2.10. The van der Waals surface area contributed by atoms with Crippen LogP contribution in [0.15, 0.2) is 47.5 Å². The molecule has 22 heavy (non-hydrogen) atoms. The van der Waals surface area contributed by atoms with Crippen molar-refractivity contribution < 1.29 is 0 Å². The Morgan fingerprint density at radius 2 is 2.09 bits per heavy atom. The van der Waals surface area contributed by atoms with Crippen LogP contribution in [0.4, 0.5) is 16.5 Å². The molecule has 0 aliphatic carbocycles. The number of aliphatic imine (C=N–C) groups is 1. The molecule has 3 N–H and O–H groups in total. The van der Waals surface area contributed by atoms with Crippen LogP contribution < -0.4 is 11.1 Å². The number of nitrogen functional groups attached to an aromatic ring is 1. The van der Waals surface area contributed by atoms with Gasteiger partial charge in [0.2, 0.25) is 5.13 Å². The summed E-state index contributed by atoms with van der Waals surface area (Å²) in [6.07, 6.45) is 1.90. The van der Waals surface area contributed by atoms with Gasteiger partial charge in [-0.05, 0) is 35.4 Å². The maximum atomic E-state index is 5.80. The van der Waals surface area contributed by atoms with Gasteiger partial charge in [-0.25, -0.2) is 0 Å². The second kappa shape index (κ2) is 5.23. The first-order chi connectivity index (χ1) is 10.8. The van der Waals surface area contributed by atoms with Crippen molar-refractivity contribution in [3.05, 3.63) is 53.6 Å². The number of fused-ring (bicyclic) bond motifs is 1. The van der Waals surface area contributed by atoms with E-state index in [0.29, 0.717) is 11.5 Å². The number of nitrogens with one attached hydrogen (secondary N) is 1. The van der Waals surface area contributed by atoms with E-state index in [1.54, 1.807) is 0 Å². The van der Waals surface area contributed by atoms with Crippen LogP contribution in [-0.2, 0) is 6.54 Å². The molecule has 1 aliphatic heterocycles. The van der Waals surface area contributed by atoms with Crippen molar-refractivity contribution in [3.63, 3.8) is 0 Å². The fraction of sp³-hybridized carbons (Fsp3) is 0.0625. The third-order valence-electron chi connectivity index (χ3n) is 3.46. The smallest absolute Gasteiger partial charge is 0.207 e. The number of benzene rings is 2. The highest BCUT2D eigenvalue weighted by Crippen LogP contribution is 2.26. The van der Waals surface area contributed by atoms with Gasteiger partial charge in [0.1, 0.15) is 0 Å². The number of rotatable bonds is 3. The lowest BCUT2D eigenvalue weighted by Crippen LogP contribution is -1.92. The van der Waals surface area contributed by atoms with Crippen LogP contribution in [0, 0.1) is 0 Å². The summed E-state index contributed by atoms with van der Waals surface area (Å²) >= 11 is 1.33. The van der Waals surface area contributed by atoms with E-state index in [4.69, 9.17) is 5.73 Å². The van der Waals surface area contributed by atoms with Crippen molar-refractivity contribution in [1.82, 2.24) is 9.36 Å². The Hall–Kier alpha value is -2.73. The fourth-order valence-corrected chi connectivity index (χ4v) is 2.98. The van der Waals surface area contributed by atoms with Gasteiger partial charge in [-0.2, -0.15) is 9.36 Å². The number of hydrogen-bond donors (Lipinski definition) is 2. The first kappa shape index (κ1) is 13.0. The van der Waals surface area contributed by atoms with Crippen molar-refractivity contribution >= 4 is 34.3 Å². The van der Waals surface area contributed by atoms with Gasteiger partial charge in [0.05, 0.1) is 6.54 Å². The number of nitrogens with two attached hydrogens (primary N) is 1. The average Bonchev–Trinajstić information content (AvgIpc) is 3.16. The Morgan fingerprint density at radius 3 is 3.00 bits per heavy atom. The second-order valence-corrected chi connectivity index (χ2v) is 5.81. The van der Waals surface area contributed by atoms with Gasteiger partial charge in [-0.15, -0.1) is 0 Å². The molecule has 3 aromatic rings. The molecule has 5 nitrogen and oxygen atoms in total. The molecule has 2 aromatic carbocycles. The number of hydrogen-bond acceptors (Lipinski definition) is 6. The molecule has 0 fully saturated rings. The summed E-state index contributed by atoms with van der Waals surface area (Å²) in [5.41, 5.74) is 10.8. The lowest BCUT2D eigenvalue weighted by atomic mass is 10.1. The van der Waals surface area contributed by atoms with E-state index in [0.717, 1.165) is 28.5 Å². The molecule has 1 aromatic heterocycles. The van der Waals surface area contributed by atoms with Gasteiger partial charge >= 0.3 is 0 Å². The summed E-state index contributed by atoms with van der Waals surface area (Å²) < 4.78 is 4.38. The third-order valence-corrected chi connectivity index (χ3v) is 4.09. The molecule has 0 saturated heterocycles. The maximum Gasteiger partial charge on any atom is 0.207 e.